The molecule has 17 heavy (non-hydrogen) atoms. The van der Waals surface area contributed by atoms with Gasteiger partial charge in [-0.2, -0.15) is 0 Å². The molecule has 0 heterocycles. The van der Waals surface area contributed by atoms with E-state index in [4.69, 9.17) is 5.73 Å². The van der Waals surface area contributed by atoms with Gasteiger partial charge >= 0.3 is 5.97 Å². The van der Waals surface area contributed by atoms with E-state index in [-0.39, 0.29) is 11.6 Å². The number of rotatable bonds is 3. The molecular formula is C11H12N2O4. The van der Waals surface area contributed by atoms with Crippen molar-refractivity contribution in [1.29, 1.82) is 0 Å². The summed E-state index contributed by atoms with van der Waals surface area (Å²) in [4.78, 5) is 21.8. The second-order valence-corrected chi connectivity index (χ2v) is 4.10. The Bertz CT molecular complexity index is 488. The molecule has 0 aromatic heterocycles. The summed E-state index contributed by atoms with van der Waals surface area (Å²) < 4.78 is 4.60. The van der Waals surface area contributed by atoms with Gasteiger partial charge in [0.05, 0.1) is 12.0 Å². The molecule has 1 fully saturated rings. The Balaban J connectivity index is 2.33. The van der Waals surface area contributed by atoms with Gasteiger partial charge in [-0.05, 0) is 6.42 Å². The summed E-state index contributed by atoms with van der Waals surface area (Å²) >= 11 is 0. The first-order chi connectivity index (χ1) is 8.00. The lowest BCUT2D eigenvalue weighted by Gasteiger charge is -2.08. The van der Waals surface area contributed by atoms with Crippen molar-refractivity contribution >= 4 is 11.7 Å². The van der Waals surface area contributed by atoms with Crippen molar-refractivity contribution in [3.8, 4) is 0 Å². The monoisotopic (exact) mass is 236 g/mol. The zero-order valence-electron chi connectivity index (χ0n) is 9.25. The van der Waals surface area contributed by atoms with Crippen molar-refractivity contribution in [3.05, 3.63) is 39.9 Å². The summed E-state index contributed by atoms with van der Waals surface area (Å²) in [5, 5.41) is 10.9. The molecule has 1 aromatic rings. The van der Waals surface area contributed by atoms with E-state index in [9.17, 15) is 14.9 Å². The Hall–Kier alpha value is -1.95. The van der Waals surface area contributed by atoms with E-state index < -0.39 is 16.4 Å². The van der Waals surface area contributed by atoms with E-state index >= 15 is 0 Å². The van der Waals surface area contributed by atoms with Crippen LogP contribution in [-0.4, -0.2) is 23.5 Å². The minimum atomic E-state index is -1.11. The molecule has 0 amide bonds. The Morgan fingerprint density at radius 1 is 1.59 bits per heavy atom. The maximum absolute atomic E-state index is 11.4. The Labute approximate surface area is 97.5 Å². The average Bonchev–Trinajstić information content (AvgIpc) is 3.02. The summed E-state index contributed by atoms with van der Waals surface area (Å²) in [6.07, 6.45) is 0.379. The molecule has 1 saturated carbocycles. The van der Waals surface area contributed by atoms with Crippen LogP contribution in [-0.2, 0) is 9.53 Å². The third-order valence-corrected chi connectivity index (χ3v) is 3.08. The number of esters is 1. The molecule has 0 spiro atoms. The van der Waals surface area contributed by atoms with Gasteiger partial charge in [0.2, 0.25) is 0 Å². The van der Waals surface area contributed by atoms with Crippen LogP contribution in [0.1, 0.15) is 17.9 Å². The molecule has 0 saturated heterocycles. The van der Waals surface area contributed by atoms with Gasteiger partial charge in [-0.3, -0.25) is 14.9 Å². The van der Waals surface area contributed by atoms with Crippen molar-refractivity contribution in [2.45, 2.75) is 17.9 Å². The standard InChI is InChI=1S/C11H12N2O4/c1-17-10(14)11(12)6-8(11)7-4-2-3-5-9(7)13(15)16/h2-5,8H,6,12H2,1H3. The van der Waals surface area contributed by atoms with E-state index in [0.29, 0.717) is 12.0 Å². The largest absolute Gasteiger partial charge is 0.468 e. The van der Waals surface area contributed by atoms with Crippen molar-refractivity contribution in [1.82, 2.24) is 0 Å². The van der Waals surface area contributed by atoms with Crippen LogP contribution in [0.4, 0.5) is 5.69 Å². The number of nitro groups is 1. The molecule has 2 N–H and O–H groups in total. The maximum atomic E-state index is 11.4. The zero-order valence-corrected chi connectivity index (χ0v) is 9.25. The third kappa shape index (κ3) is 1.76. The second-order valence-electron chi connectivity index (χ2n) is 4.10. The summed E-state index contributed by atoms with van der Waals surface area (Å²) in [7, 11) is 1.26. The number of nitro benzene ring substituents is 1. The van der Waals surface area contributed by atoms with Crippen LogP contribution in [0.15, 0.2) is 24.3 Å². The summed E-state index contributed by atoms with van der Waals surface area (Å²) in [6, 6.07) is 6.31. The highest BCUT2D eigenvalue weighted by Gasteiger charge is 2.60. The maximum Gasteiger partial charge on any atom is 0.326 e. The van der Waals surface area contributed by atoms with Crippen LogP contribution in [0.2, 0.25) is 0 Å². The van der Waals surface area contributed by atoms with Gasteiger partial charge in [0, 0.05) is 17.5 Å². The molecule has 1 aliphatic carbocycles. The minimum Gasteiger partial charge on any atom is -0.468 e. The summed E-state index contributed by atoms with van der Waals surface area (Å²) in [5.74, 6) is -0.864. The first-order valence-electron chi connectivity index (χ1n) is 5.11. The Morgan fingerprint density at radius 2 is 2.24 bits per heavy atom. The van der Waals surface area contributed by atoms with Crippen LogP contribution in [0.3, 0.4) is 0 Å². The van der Waals surface area contributed by atoms with Crippen molar-refractivity contribution in [2.24, 2.45) is 5.73 Å². The average molecular weight is 236 g/mol. The van der Waals surface area contributed by atoms with Crippen LogP contribution in [0, 0.1) is 10.1 Å². The normalized spacial score (nSPS) is 26.4. The molecule has 6 heteroatoms. The predicted molar refractivity (Wildman–Crippen MR) is 59.4 cm³/mol. The van der Waals surface area contributed by atoms with Crippen LogP contribution in [0.5, 0.6) is 0 Å². The SMILES string of the molecule is COC(=O)C1(N)CC1c1ccccc1[N+](=O)[O-]. The predicted octanol–water partition coefficient (Wildman–Crippen LogP) is 0.953. The highest BCUT2D eigenvalue weighted by atomic mass is 16.6. The number of ether oxygens (including phenoxy) is 1. The topological polar surface area (TPSA) is 95.5 Å². The summed E-state index contributed by atoms with van der Waals surface area (Å²) in [6.45, 7) is 0. The molecule has 6 nitrogen and oxygen atoms in total. The molecule has 90 valence electrons. The number of carbonyl (C=O) groups excluding carboxylic acids is 1. The number of benzene rings is 1. The quantitative estimate of drug-likeness (QED) is 0.479. The van der Waals surface area contributed by atoms with Crippen molar-refractivity contribution in [2.75, 3.05) is 7.11 Å². The fourth-order valence-electron chi connectivity index (χ4n) is 2.03. The lowest BCUT2D eigenvalue weighted by Crippen LogP contribution is -2.36. The van der Waals surface area contributed by atoms with E-state index in [1.165, 1.54) is 13.2 Å². The number of hydrogen-bond acceptors (Lipinski definition) is 5. The highest BCUT2D eigenvalue weighted by Crippen LogP contribution is 2.52. The molecule has 1 aliphatic rings. The smallest absolute Gasteiger partial charge is 0.326 e. The third-order valence-electron chi connectivity index (χ3n) is 3.08. The molecule has 2 atom stereocenters. The van der Waals surface area contributed by atoms with Crippen molar-refractivity contribution < 1.29 is 14.5 Å². The van der Waals surface area contributed by atoms with Gasteiger partial charge in [0.1, 0.15) is 5.54 Å². The molecular weight excluding hydrogens is 224 g/mol. The lowest BCUT2D eigenvalue weighted by atomic mass is 10.0. The van der Waals surface area contributed by atoms with Crippen LogP contribution >= 0.6 is 0 Å². The van der Waals surface area contributed by atoms with Crippen molar-refractivity contribution in [3.63, 3.8) is 0 Å². The number of methoxy groups -OCH3 is 1. The number of nitrogens with zero attached hydrogens (tertiary/aromatic N) is 1. The molecule has 0 bridgehead atoms. The van der Waals surface area contributed by atoms with E-state index in [2.05, 4.69) is 4.74 Å². The van der Waals surface area contributed by atoms with Gasteiger partial charge in [-0.25, -0.2) is 0 Å². The fourth-order valence-corrected chi connectivity index (χ4v) is 2.03. The fraction of sp³-hybridized carbons (Fsp3) is 0.364. The van der Waals surface area contributed by atoms with Gasteiger partial charge in [-0.15, -0.1) is 0 Å². The molecule has 1 aromatic carbocycles. The first kappa shape index (κ1) is 11.5. The van der Waals surface area contributed by atoms with Gasteiger partial charge in [0.15, 0.2) is 0 Å². The molecule has 0 radical (unpaired) electrons. The van der Waals surface area contributed by atoms with Crippen LogP contribution in [0.25, 0.3) is 0 Å². The Morgan fingerprint density at radius 3 is 2.82 bits per heavy atom. The number of hydrogen-bond donors (Lipinski definition) is 1. The van der Waals surface area contributed by atoms with E-state index in [0.717, 1.165) is 0 Å². The lowest BCUT2D eigenvalue weighted by molar-refractivity contribution is -0.385. The molecule has 0 aliphatic heterocycles. The van der Waals surface area contributed by atoms with E-state index in [1.807, 2.05) is 0 Å². The number of para-hydroxylation sites is 1. The van der Waals surface area contributed by atoms with Gasteiger partial charge in [-0.1, -0.05) is 18.2 Å². The zero-order chi connectivity index (χ0) is 12.6. The first-order valence-corrected chi connectivity index (χ1v) is 5.11. The minimum absolute atomic E-state index is 0.00581. The van der Waals surface area contributed by atoms with Gasteiger partial charge in [0.25, 0.3) is 5.69 Å². The number of carbonyl (C=O) groups is 1. The van der Waals surface area contributed by atoms with Crippen LogP contribution < -0.4 is 5.73 Å². The van der Waals surface area contributed by atoms with Gasteiger partial charge < -0.3 is 10.5 Å². The Kier molecular flexibility index (Phi) is 2.59. The molecule has 2 rings (SSSR count). The number of nitrogens with two attached hydrogens (primary N) is 1. The molecule has 2 unspecified atom stereocenters. The summed E-state index contributed by atoms with van der Waals surface area (Å²) in [5.41, 5.74) is 5.22. The van der Waals surface area contributed by atoms with E-state index in [1.54, 1.807) is 18.2 Å². The highest BCUT2D eigenvalue weighted by molar-refractivity contribution is 5.87. The second kappa shape index (κ2) is 3.81.